The molecule has 1 aliphatic rings. The first-order valence-electron chi connectivity index (χ1n) is 12.8. The molecule has 1 aromatic rings. The number of rotatable bonds is 9. The van der Waals surface area contributed by atoms with Crippen molar-refractivity contribution in [1.29, 1.82) is 0 Å². The zero-order valence-corrected chi connectivity index (χ0v) is 24.6. The van der Waals surface area contributed by atoms with Crippen molar-refractivity contribution in [3.63, 3.8) is 0 Å². The molecule has 1 aromatic carbocycles. The second kappa shape index (κ2) is 10.2. The molecule has 4 nitrogen and oxygen atoms in total. The van der Waals surface area contributed by atoms with E-state index in [9.17, 15) is 15.0 Å². The van der Waals surface area contributed by atoms with Gasteiger partial charge in [-0.05, 0) is 79.9 Å². The first kappa shape index (κ1) is 28.7. The van der Waals surface area contributed by atoms with Crippen molar-refractivity contribution in [2.45, 2.75) is 128 Å². The van der Waals surface area contributed by atoms with E-state index in [4.69, 9.17) is 4.43 Å². The summed E-state index contributed by atoms with van der Waals surface area (Å²) in [5, 5.41) is 20.8. The minimum absolute atomic E-state index is 0.194. The van der Waals surface area contributed by atoms with Crippen LogP contribution >= 0.6 is 0 Å². The van der Waals surface area contributed by atoms with Crippen LogP contribution in [0.15, 0.2) is 30.3 Å². The first-order valence-corrected chi connectivity index (χ1v) is 17.6. The number of aliphatic hydroxyl groups excluding tert-OH is 2. The zero-order chi connectivity index (χ0) is 25.3. The molecule has 0 aliphatic heterocycles. The van der Waals surface area contributed by atoms with Crippen molar-refractivity contribution >= 4 is 21.8 Å². The largest absolute Gasteiger partial charge is 0.427 e. The Bertz CT molecular complexity index is 757. The topological polar surface area (TPSA) is 69.9 Å². The SMILES string of the molecule is CC[Si](CCC1CCC(O)C(O)C1)(OC(C)(C)C)C(C)(C)C(C)(C)[Si](C)(O)c1ccccc1. The fourth-order valence-corrected chi connectivity index (χ4v) is 15.7. The van der Waals surface area contributed by atoms with Gasteiger partial charge in [-0.15, -0.1) is 0 Å². The normalized spacial score (nSPS) is 26.5. The summed E-state index contributed by atoms with van der Waals surface area (Å²) < 4.78 is 7.13. The summed E-state index contributed by atoms with van der Waals surface area (Å²) >= 11 is 0. The van der Waals surface area contributed by atoms with Crippen LogP contribution in [0.5, 0.6) is 0 Å². The lowest BCUT2D eigenvalue weighted by atomic mass is 9.84. The molecule has 0 amide bonds. The number of aliphatic hydroxyl groups is 2. The Hall–Kier alpha value is -0.506. The molecule has 1 fully saturated rings. The third kappa shape index (κ3) is 5.84. The van der Waals surface area contributed by atoms with E-state index in [0.717, 1.165) is 30.1 Å². The number of hydrogen-bond acceptors (Lipinski definition) is 4. The fraction of sp³-hybridized carbons (Fsp3) is 0.778. The van der Waals surface area contributed by atoms with Crippen LogP contribution in [0, 0.1) is 5.92 Å². The van der Waals surface area contributed by atoms with Crippen molar-refractivity contribution < 1.29 is 19.4 Å². The molecule has 5 unspecified atom stereocenters. The predicted octanol–water partition coefficient (Wildman–Crippen LogP) is 5.71. The van der Waals surface area contributed by atoms with Gasteiger partial charge in [0.25, 0.3) is 0 Å². The maximum atomic E-state index is 12.1. The minimum Gasteiger partial charge on any atom is -0.427 e. The quantitative estimate of drug-likeness (QED) is 0.384. The van der Waals surface area contributed by atoms with Gasteiger partial charge in [-0.2, -0.15) is 0 Å². The van der Waals surface area contributed by atoms with Crippen molar-refractivity contribution in [3.05, 3.63) is 30.3 Å². The Balaban J connectivity index is 2.45. The average molecular weight is 495 g/mol. The molecule has 6 heteroatoms. The third-order valence-corrected chi connectivity index (χ3v) is 20.1. The molecule has 0 saturated heterocycles. The van der Waals surface area contributed by atoms with E-state index in [1.165, 1.54) is 0 Å². The number of hydrogen-bond donors (Lipinski definition) is 3. The molecule has 2 rings (SSSR count). The van der Waals surface area contributed by atoms with Gasteiger partial charge in [-0.25, -0.2) is 0 Å². The van der Waals surface area contributed by atoms with E-state index in [0.29, 0.717) is 18.8 Å². The summed E-state index contributed by atoms with van der Waals surface area (Å²) in [7, 11) is -5.25. The van der Waals surface area contributed by atoms with E-state index in [2.05, 4.69) is 74.1 Å². The van der Waals surface area contributed by atoms with E-state index >= 15 is 0 Å². The maximum absolute atomic E-state index is 12.1. The van der Waals surface area contributed by atoms with Crippen molar-refractivity contribution in [2.75, 3.05) is 0 Å². The van der Waals surface area contributed by atoms with Crippen LogP contribution in [0.4, 0.5) is 0 Å². The van der Waals surface area contributed by atoms with Gasteiger partial charge in [0.15, 0.2) is 8.32 Å². The zero-order valence-electron chi connectivity index (χ0n) is 22.6. The van der Waals surface area contributed by atoms with E-state index in [-0.39, 0.29) is 15.7 Å². The van der Waals surface area contributed by atoms with Crippen LogP contribution in [-0.2, 0) is 4.43 Å². The molecule has 0 bridgehead atoms. The first-order chi connectivity index (χ1) is 15.0. The Kier molecular flexibility index (Phi) is 8.91. The van der Waals surface area contributed by atoms with Gasteiger partial charge in [0.2, 0.25) is 8.32 Å². The fourth-order valence-electron chi connectivity index (χ4n) is 5.98. The average Bonchev–Trinajstić information content (AvgIpc) is 2.72. The number of benzene rings is 1. The lowest BCUT2D eigenvalue weighted by Crippen LogP contribution is -2.64. The molecule has 0 heterocycles. The smallest absolute Gasteiger partial charge is 0.222 e. The van der Waals surface area contributed by atoms with Crippen molar-refractivity contribution in [1.82, 2.24) is 0 Å². The summed E-state index contributed by atoms with van der Waals surface area (Å²) in [6, 6.07) is 12.2. The monoisotopic (exact) mass is 494 g/mol. The molecule has 5 atom stereocenters. The molecule has 0 aromatic heterocycles. The Labute approximate surface area is 205 Å². The van der Waals surface area contributed by atoms with Crippen LogP contribution in [0.25, 0.3) is 0 Å². The van der Waals surface area contributed by atoms with Gasteiger partial charge >= 0.3 is 0 Å². The van der Waals surface area contributed by atoms with Crippen LogP contribution < -0.4 is 5.19 Å². The van der Waals surface area contributed by atoms with Crippen LogP contribution in [-0.4, -0.2) is 49.5 Å². The van der Waals surface area contributed by atoms with Gasteiger partial charge in [0, 0.05) is 5.60 Å². The van der Waals surface area contributed by atoms with Gasteiger partial charge < -0.3 is 19.4 Å². The predicted molar refractivity (Wildman–Crippen MR) is 144 cm³/mol. The molecule has 1 saturated carbocycles. The third-order valence-electron chi connectivity index (χ3n) is 9.17. The summed E-state index contributed by atoms with van der Waals surface area (Å²) in [4.78, 5) is 12.1. The summed E-state index contributed by atoms with van der Waals surface area (Å²) in [5.74, 6) is 0.413. The van der Waals surface area contributed by atoms with Gasteiger partial charge in [-0.3, -0.25) is 0 Å². The van der Waals surface area contributed by atoms with Crippen LogP contribution in [0.2, 0.25) is 28.7 Å². The molecule has 33 heavy (non-hydrogen) atoms. The molecular weight excluding hydrogens is 444 g/mol. The van der Waals surface area contributed by atoms with Gasteiger partial charge in [-0.1, -0.05) is 71.4 Å². The van der Waals surface area contributed by atoms with Gasteiger partial charge in [0.05, 0.1) is 12.2 Å². The van der Waals surface area contributed by atoms with Crippen molar-refractivity contribution in [3.8, 4) is 0 Å². The molecule has 3 N–H and O–H groups in total. The van der Waals surface area contributed by atoms with Crippen LogP contribution in [0.3, 0.4) is 0 Å². The molecule has 190 valence electrons. The molecule has 0 radical (unpaired) electrons. The van der Waals surface area contributed by atoms with Crippen LogP contribution in [0.1, 0.15) is 81.1 Å². The Morgan fingerprint density at radius 2 is 1.48 bits per heavy atom. The van der Waals surface area contributed by atoms with Crippen molar-refractivity contribution in [2.24, 2.45) is 5.92 Å². The van der Waals surface area contributed by atoms with Gasteiger partial charge in [0.1, 0.15) is 0 Å². The van der Waals surface area contributed by atoms with E-state index < -0.39 is 28.8 Å². The second-order valence-electron chi connectivity index (χ2n) is 12.6. The Morgan fingerprint density at radius 3 is 1.97 bits per heavy atom. The highest BCUT2D eigenvalue weighted by Gasteiger charge is 2.63. The van der Waals surface area contributed by atoms with E-state index in [1.807, 2.05) is 18.2 Å². The highest BCUT2D eigenvalue weighted by molar-refractivity contribution is 6.90. The molecular formula is C27H50O4Si2. The maximum Gasteiger partial charge on any atom is 0.222 e. The molecule has 0 spiro atoms. The molecule has 1 aliphatic carbocycles. The lowest BCUT2D eigenvalue weighted by Gasteiger charge is -2.58. The second-order valence-corrected chi connectivity index (χ2v) is 21.2. The highest BCUT2D eigenvalue weighted by Crippen LogP contribution is 2.64. The summed E-state index contributed by atoms with van der Waals surface area (Å²) in [6.07, 6.45) is 2.13. The highest BCUT2D eigenvalue weighted by atomic mass is 28.4. The standard InChI is InChI=1S/C27H50O4Si2/c1-10-33(31-25(2,3)4,19-18-21-16-17-23(28)24(29)20-21)27(7,8)26(5,6)32(9,30)22-14-12-11-13-15-22/h11-15,21,23-24,28-30H,10,16-20H2,1-9H3. The summed E-state index contributed by atoms with van der Waals surface area (Å²) in [5.41, 5.74) is -0.266. The summed E-state index contributed by atoms with van der Waals surface area (Å²) in [6.45, 7) is 20.0. The lowest BCUT2D eigenvalue weighted by molar-refractivity contribution is -0.0261. The van der Waals surface area contributed by atoms with E-state index in [1.54, 1.807) is 0 Å². The Morgan fingerprint density at radius 1 is 0.909 bits per heavy atom. The minimum atomic E-state index is -2.85.